The van der Waals surface area contributed by atoms with Gasteiger partial charge < -0.3 is 0 Å². The molecule has 1 aromatic carbocycles. The van der Waals surface area contributed by atoms with Gasteiger partial charge >= 0.3 is 0 Å². The zero-order valence-electron chi connectivity index (χ0n) is 8.20. The maximum atomic E-state index is 12.8. The van der Waals surface area contributed by atoms with Gasteiger partial charge in [-0.05, 0) is 24.1 Å². The van der Waals surface area contributed by atoms with Crippen molar-refractivity contribution in [3.8, 4) is 6.07 Å². The largest absolute Gasteiger partial charge is 0.207 e. The summed E-state index contributed by atoms with van der Waals surface area (Å²) < 4.78 is 12.8. The summed E-state index contributed by atoms with van der Waals surface area (Å²) in [6.45, 7) is 3.97. The fraction of sp³-hybridized carbons (Fsp3) is 0.364. The molecule has 14 heavy (non-hydrogen) atoms. The molecule has 0 saturated heterocycles. The molecule has 0 aromatic heterocycles. The van der Waals surface area contributed by atoms with Gasteiger partial charge in [-0.25, -0.2) is 4.39 Å². The zero-order valence-corrected chi connectivity index (χ0v) is 9.01. The van der Waals surface area contributed by atoms with E-state index in [-0.39, 0.29) is 17.0 Å². The molecule has 1 nitrogen and oxygen atoms in total. The second kappa shape index (κ2) is 5.02. The maximum absolute atomic E-state index is 12.8. The van der Waals surface area contributed by atoms with Crippen molar-refractivity contribution in [2.45, 2.75) is 24.0 Å². The van der Waals surface area contributed by atoms with Gasteiger partial charge in [0.15, 0.2) is 0 Å². The summed E-state index contributed by atoms with van der Waals surface area (Å²) in [5.74, 6) is 0.0173. The molecule has 1 atom stereocenters. The van der Waals surface area contributed by atoms with Gasteiger partial charge in [0.2, 0.25) is 0 Å². The molecule has 0 heterocycles. The number of halogens is 1. The molecule has 0 amide bonds. The highest BCUT2D eigenvalue weighted by Crippen LogP contribution is 2.27. The minimum absolute atomic E-state index is 0.114. The average molecular weight is 209 g/mol. The van der Waals surface area contributed by atoms with Gasteiger partial charge in [-0.15, -0.1) is 11.8 Å². The Morgan fingerprint density at radius 3 is 2.64 bits per heavy atom. The minimum Gasteiger partial charge on any atom is -0.207 e. The molecule has 0 N–H and O–H groups in total. The summed E-state index contributed by atoms with van der Waals surface area (Å²) in [6.07, 6.45) is 0. The Balaban J connectivity index is 2.73. The average Bonchev–Trinajstić information content (AvgIpc) is 2.14. The second-order valence-corrected chi connectivity index (χ2v) is 4.58. The lowest BCUT2D eigenvalue weighted by Crippen LogP contribution is -2.07. The first-order valence-corrected chi connectivity index (χ1v) is 5.33. The topological polar surface area (TPSA) is 23.8 Å². The Kier molecular flexibility index (Phi) is 3.97. The van der Waals surface area contributed by atoms with E-state index < -0.39 is 0 Å². The number of thioether (sulfide) groups is 1. The van der Waals surface area contributed by atoms with Crippen LogP contribution in [0.2, 0.25) is 0 Å². The van der Waals surface area contributed by atoms with Crippen LogP contribution in [0.3, 0.4) is 0 Å². The molecule has 0 saturated carbocycles. The van der Waals surface area contributed by atoms with Gasteiger partial charge in [0.05, 0.1) is 11.3 Å². The lowest BCUT2D eigenvalue weighted by Gasteiger charge is -2.11. The molecule has 1 aromatic rings. The molecule has 0 aliphatic heterocycles. The Hall–Kier alpha value is -1.01. The molecular weight excluding hydrogens is 197 g/mol. The third-order valence-corrected chi connectivity index (χ3v) is 3.22. The molecule has 0 bridgehead atoms. The Morgan fingerprint density at radius 2 is 2.14 bits per heavy atom. The molecule has 0 aliphatic carbocycles. The van der Waals surface area contributed by atoms with Crippen molar-refractivity contribution in [1.29, 1.82) is 5.26 Å². The number of nitrogens with zero attached hydrogens (tertiary/aromatic N) is 1. The van der Waals surface area contributed by atoms with Crippen molar-refractivity contribution in [3.05, 3.63) is 30.1 Å². The van der Waals surface area contributed by atoms with E-state index in [0.29, 0.717) is 0 Å². The summed E-state index contributed by atoms with van der Waals surface area (Å²) in [5, 5.41) is 8.75. The SMILES string of the molecule is CC(C)C(C#N)Sc1cccc(F)c1. The normalized spacial score (nSPS) is 12.5. The molecule has 0 aliphatic rings. The van der Waals surface area contributed by atoms with Crippen LogP contribution in [0, 0.1) is 23.1 Å². The van der Waals surface area contributed by atoms with E-state index in [9.17, 15) is 4.39 Å². The lowest BCUT2D eigenvalue weighted by atomic mass is 10.1. The Labute approximate surface area is 87.9 Å². The van der Waals surface area contributed by atoms with Crippen LogP contribution in [-0.2, 0) is 0 Å². The summed E-state index contributed by atoms with van der Waals surface area (Å²) in [6, 6.07) is 8.55. The van der Waals surface area contributed by atoms with Crippen LogP contribution < -0.4 is 0 Å². The van der Waals surface area contributed by atoms with Crippen molar-refractivity contribution in [3.63, 3.8) is 0 Å². The quantitative estimate of drug-likeness (QED) is 0.712. The van der Waals surface area contributed by atoms with Gasteiger partial charge in [0.25, 0.3) is 0 Å². The van der Waals surface area contributed by atoms with Crippen LogP contribution in [0.1, 0.15) is 13.8 Å². The predicted octanol–water partition coefficient (Wildman–Crippen LogP) is 3.47. The summed E-state index contributed by atoms with van der Waals surface area (Å²) >= 11 is 1.41. The number of nitriles is 1. The van der Waals surface area contributed by atoms with E-state index in [4.69, 9.17) is 5.26 Å². The minimum atomic E-state index is -0.254. The smallest absolute Gasteiger partial charge is 0.124 e. The molecule has 3 heteroatoms. The van der Waals surface area contributed by atoms with Crippen LogP contribution >= 0.6 is 11.8 Å². The highest BCUT2D eigenvalue weighted by Gasteiger charge is 2.13. The van der Waals surface area contributed by atoms with Crippen molar-refractivity contribution in [2.24, 2.45) is 5.92 Å². The maximum Gasteiger partial charge on any atom is 0.124 e. The summed E-state index contributed by atoms with van der Waals surface area (Å²) in [7, 11) is 0. The number of rotatable bonds is 3. The first-order chi connectivity index (χ1) is 6.63. The fourth-order valence-electron chi connectivity index (χ4n) is 0.998. The van der Waals surface area contributed by atoms with E-state index in [0.717, 1.165) is 4.90 Å². The van der Waals surface area contributed by atoms with Crippen molar-refractivity contribution < 1.29 is 4.39 Å². The van der Waals surface area contributed by atoms with Crippen LogP contribution in [0.4, 0.5) is 4.39 Å². The molecule has 1 rings (SSSR count). The highest BCUT2D eigenvalue weighted by molar-refractivity contribution is 8.00. The highest BCUT2D eigenvalue weighted by atomic mass is 32.2. The monoisotopic (exact) mass is 209 g/mol. The zero-order chi connectivity index (χ0) is 10.6. The Morgan fingerprint density at radius 1 is 1.43 bits per heavy atom. The number of benzene rings is 1. The van der Waals surface area contributed by atoms with E-state index >= 15 is 0 Å². The Bertz CT molecular complexity index is 343. The van der Waals surface area contributed by atoms with Crippen LogP contribution in [0.15, 0.2) is 29.2 Å². The third-order valence-electron chi connectivity index (χ3n) is 1.79. The van der Waals surface area contributed by atoms with Gasteiger partial charge in [-0.1, -0.05) is 19.9 Å². The molecule has 0 fully saturated rings. The predicted molar refractivity (Wildman–Crippen MR) is 56.5 cm³/mol. The van der Waals surface area contributed by atoms with E-state index in [1.54, 1.807) is 6.07 Å². The number of hydrogen-bond acceptors (Lipinski definition) is 2. The van der Waals surface area contributed by atoms with E-state index in [2.05, 4.69) is 6.07 Å². The van der Waals surface area contributed by atoms with E-state index in [1.807, 2.05) is 19.9 Å². The molecule has 1 unspecified atom stereocenters. The van der Waals surface area contributed by atoms with Gasteiger partial charge in [-0.3, -0.25) is 0 Å². The van der Waals surface area contributed by atoms with Crippen molar-refractivity contribution in [2.75, 3.05) is 0 Å². The van der Waals surface area contributed by atoms with E-state index in [1.165, 1.54) is 23.9 Å². The summed E-state index contributed by atoms with van der Waals surface area (Å²) in [5.41, 5.74) is 0. The standard InChI is InChI=1S/C11H12FNS/c1-8(2)11(7-13)14-10-5-3-4-9(12)6-10/h3-6,8,11H,1-2H3. The first-order valence-electron chi connectivity index (χ1n) is 4.45. The van der Waals surface area contributed by atoms with Gasteiger partial charge in [-0.2, -0.15) is 5.26 Å². The van der Waals surface area contributed by atoms with Gasteiger partial charge in [0, 0.05) is 4.90 Å². The van der Waals surface area contributed by atoms with Crippen LogP contribution in [0.25, 0.3) is 0 Å². The second-order valence-electron chi connectivity index (χ2n) is 3.37. The van der Waals surface area contributed by atoms with Crippen molar-refractivity contribution >= 4 is 11.8 Å². The van der Waals surface area contributed by atoms with Crippen LogP contribution in [-0.4, -0.2) is 5.25 Å². The first kappa shape index (κ1) is 11.1. The lowest BCUT2D eigenvalue weighted by molar-refractivity contribution is 0.624. The molecule has 74 valence electrons. The van der Waals surface area contributed by atoms with Crippen molar-refractivity contribution in [1.82, 2.24) is 0 Å². The molecule has 0 spiro atoms. The molecular formula is C11H12FNS. The van der Waals surface area contributed by atoms with Crippen LogP contribution in [0.5, 0.6) is 0 Å². The fourth-order valence-corrected chi connectivity index (χ4v) is 1.95. The summed E-state index contributed by atoms with van der Waals surface area (Å²) in [4.78, 5) is 0.810. The molecule has 0 radical (unpaired) electrons. The number of hydrogen-bond donors (Lipinski definition) is 0. The van der Waals surface area contributed by atoms with Gasteiger partial charge in [0.1, 0.15) is 5.82 Å². The third kappa shape index (κ3) is 3.04.